The summed E-state index contributed by atoms with van der Waals surface area (Å²) >= 11 is 0. The summed E-state index contributed by atoms with van der Waals surface area (Å²) < 4.78 is 4.72. The first-order valence-corrected chi connectivity index (χ1v) is 12.2. The second kappa shape index (κ2) is 7.30. The lowest BCUT2D eigenvalue weighted by Gasteiger charge is -2.09. The molecule has 0 atom stereocenters. The third-order valence-electron chi connectivity index (χ3n) is 7.36. The van der Waals surface area contributed by atoms with Gasteiger partial charge in [0.05, 0.1) is 34.0 Å². The fraction of sp³-hybridized carbons (Fsp3) is 0. The van der Waals surface area contributed by atoms with Gasteiger partial charge < -0.3 is 9.13 Å². The van der Waals surface area contributed by atoms with E-state index in [1.54, 1.807) is 0 Å². The largest absolute Gasteiger partial charge is 0.309 e. The standard InChI is InChI=1S/C33H21N3/c1-2-9-23(10-3-1)35-30-15-7-5-13-26(30)33-27-20-32-28(19-22(27)16-17-31(33)35)25-12-4-6-14-29(25)36(32)24-11-8-18-34-21-24/h1-21H. The van der Waals surface area contributed by atoms with Gasteiger partial charge in [-0.15, -0.1) is 0 Å². The number of aromatic nitrogens is 3. The van der Waals surface area contributed by atoms with E-state index in [1.807, 2.05) is 18.5 Å². The topological polar surface area (TPSA) is 22.8 Å². The lowest BCUT2D eigenvalue weighted by molar-refractivity contribution is 1.14. The molecular formula is C33H21N3. The lowest BCUT2D eigenvalue weighted by atomic mass is 10.0. The van der Waals surface area contributed by atoms with E-state index < -0.39 is 0 Å². The van der Waals surface area contributed by atoms with Crippen LogP contribution in [0.5, 0.6) is 0 Å². The molecule has 0 aliphatic heterocycles. The van der Waals surface area contributed by atoms with E-state index >= 15 is 0 Å². The van der Waals surface area contributed by atoms with Crippen molar-refractivity contribution < 1.29 is 0 Å². The zero-order valence-electron chi connectivity index (χ0n) is 19.5. The Balaban J connectivity index is 1.58. The number of fused-ring (bicyclic) bond motifs is 8. The minimum atomic E-state index is 1.07. The van der Waals surface area contributed by atoms with E-state index in [1.165, 1.54) is 60.1 Å². The molecule has 0 unspecified atom stereocenters. The van der Waals surface area contributed by atoms with Gasteiger partial charge in [0.25, 0.3) is 0 Å². The zero-order valence-corrected chi connectivity index (χ0v) is 19.5. The van der Waals surface area contributed by atoms with Gasteiger partial charge in [-0.1, -0.05) is 60.7 Å². The second-order valence-electron chi connectivity index (χ2n) is 9.30. The number of rotatable bonds is 2. The highest BCUT2D eigenvalue weighted by molar-refractivity contribution is 6.24. The smallest absolute Gasteiger partial charge is 0.0645 e. The fourth-order valence-electron chi connectivity index (χ4n) is 5.87. The molecule has 0 saturated heterocycles. The monoisotopic (exact) mass is 459 g/mol. The van der Waals surface area contributed by atoms with Crippen molar-refractivity contribution in [2.75, 3.05) is 0 Å². The highest BCUT2D eigenvalue weighted by atomic mass is 15.0. The molecule has 0 aliphatic rings. The molecule has 0 aliphatic carbocycles. The Bertz CT molecular complexity index is 2080. The predicted octanol–water partition coefficient (Wildman–Crippen LogP) is 8.43. The van der Waals surface area contributed by atoms with E-state index in [0.717, 1.165) is 5.69 Å². The fourth-order valence-corrected chi connectivity index (χ4v) is 5.87. The van der Waals surface area contributed by atoms with E-state index in [-0.39, 0.29) is 0 Å². The first-order chi connectivity index (χ1) is 17.9. The Labute approximate surface area is 207 Å². The quantitative estimate of drug-likeness (QED) is 0.254. The van der Waals surface area contributed by atoms with Crippen LogP contribution in [0.2, 0.25) is 0 Å². The van der Waals surface area contributed by atoms with Crippen LogP contribution in [0, 0.1) is 0 Å². The van der Waals surface area contributed by atoms with Gasteiger partial charge >= 0.3 is 0 Å². The van der Waals surface area contributed by atoms with Crippen molar-refractivity contribution in [1.82, 2.24) is 14.1 Å². The molecule has 8 rings (SSSR count). The van der Waals surface area contributed by atoms with Crippen LogP contribution in [0.15, 0.2) is 128 Å². The highest BCUT2D eigenvalue weighted by Crippen LogP contribution is 2.40. The van der Waals surface area contributed by atoms with E-state index in [0.29, 0.717) is 0 Å². The van der Waals surface area contributed by atoms with Crippen molar-refractivity contribution in [3.63, 3.8) is 0 Å². The maximum absolute atomic E-state index is 4.42. The van der Waals surface area contributed by atoms with Crippen LogP contribution in [0.3, 0.4) is 0 Å². The number of benzene rings is 5. The summed E-state index contributed by atoms with van der Waals surface area (Å²) in [5, 5.41) is 7.58. The van der Waals surface area contributed by atoms with E-state index in [9.17, 15) is 0 Å². The normalized spacial score (nSPS) is 11.9. The summed E-state index contributed by atoms with van der Waals surface area (Å²) in [7, 11) is 0. The van der Waals surface area contributed by atoms with Crippen molar-refractivity contribution in [1.29, 1.82) is 0 Å². The lowest BCUT2D eigenvalue weighted by Crippen LogP contribution is -1.94. The molecule has 0 fully saturated rings. The summed E-state index contributed by atoms with van der Waals surface area (Å²) in [6, 6.07) is 41.4. The molecule has 3 nitrogen and oxygen atoms in total. The van der Waals surface area contributed by atoms with Crippen LogP contribution in [0.25, 0.3) is 65.8 Å². The van der Waals surface area contributed by atoms with Gasteiger partial charge in [0.1, 0.15) is 0 Å². The summed E-state index contributed by atoms with van der Waals surface area (Å²) in [5.41, 5.74) is 7.08. The van der Waals surface area contributed by atoms with Crippen LogP contribution >= 0.6 is 0 Å². The summed E-state index contributed by atoms with van der Waals surface area (Å²) in [5.74, 6) is 0. The van der Waals surface area contributed by atoms with E-state index in [4.69, 9.17) is 0 Å². The van der Waals surface area contributed by atoms with Crippen LogP contribution in [-0.2, 0) is 0 Å². The molecule has 168 valence electrons. The van der Waals surface area contributed by atoms with Crippen molar-refractivity contribution in [2.45, 2.75) is 0 Å². The Morgan fingerprint density at radius 3 is 1.94 bits per heavy atom. The molecule has 3 aromatic heterocycles. The molecule has 5 aromatic carbocycles. The maximum Gasteiger partial charge on any atom is 0.0645 e. The van der Waals surface area contributed by atoms with Crippen LogP contribution in [-0.4, -0.2) is 14.1 Å². The summed E-state index contributed by atoms with van der Waals surface area (Å²) in [6.45, 7) is 0. The maximum atomic E-state index is 4.42. The minimum Gasteiger partial charge on any atom is -0.309 e. The van der Waals surface area contributed by atoms with E-state index in [2.05, 4.69) is 123 Å². The second-order valence-corrected chi connectivity index (χ2v) is 9.30. The molecule has 0 bridgehead atoms. The number of hydrogen-bond donors (Lipinski definition) is 0. The molecule has 0 amide bonds. The molecule has 36 heavy (non-hydrogen) atoms. The van der Waals surface area contributed by atoms with Gasteiger partial charge in [-0.3, -0.25) is 4.98 Å². The molecule has 0 spiro atoms. The molecule has 0 saturated carbocycles. The van der Waals surface area contributed by atoms with Gasteiger partial charge in [0.2, 0.25) is 0 Å². The predicted molar refractivity (Wildman–Crippen MR) is 150 cm³/mol. The minimum absolute atomic E-state index is 1.07. The van der Waals surface area contributed by atoms with Gasteiger partial charge in [0.15, 0.2) is 0 Å². The van der Waals surface area contributed by atoms with Crippen molar-refractivity contribution in [3.8, 4) is 11.4 Å². The Morgan fingerprint density at radius 1 is 0.444 bits per heavy atom. The van der Waals surface area contributed by atoms with Crippen molar-refractivity contribution >= 4 is 54.4 Å². The van der Waals surface area contributed by atoms with Crippen molar-refractivity contribution in [2.24, 2.45) is 0 Å². The molecule has 0 radical (unpaired) electrons. The van der Waals surface area contributed by atoms with Crippen LogP contribution in [0.1, 0.15) is 0 Å². The SMILES string of the molecule is c1ccc(-n2c3ccccc3c3c4cc5c(cc4ccc32)c2ccccc2n5-c2cccnc2)cc1. The molecule has 8 aromatic rings. The highest BCUT2D eigenvalue weighted by Gasteiger charge is 2.18. The number of hydrogen-bond acceptors (Lipinski definition) is 1. The van der Waals surface area contributed by atoms with Crippen LogP contribution in [0.4, 0.5) is 0 Å². The summed E-state index contributed by atoms with van der Waals surface area (Å²) in [6.07, 6.45) is 3.77. The zero-order chi connectivity index (χ0) is 23.6. The molecule has 3 heterocycles. The number of para-hydroxylation sites is 3. The Hall–Kier alpha value is -4.89. The summed E-state index contributed by atoms with van der Waals surface area (Å²) in [4.78, 5) is 4.42. The Morgan fingerprint density at radius 2 is 1.14 bits per heavy atom. The molecule has 0 N–H and O–H groups in total. The third-order valence-corrected chi connectivity index (χ3v) is 7.36. The average Bonchev–Trinajstić information content (AvgIpc) is 3.45. The van der Waals surface area contributed by atoms with Gasteiger partial charge in [-0.2, -0.15) is 0 Å². The van der Waals surface area contributed by atoms with Gasteiger partial charge in [-0.25, -0.2) is 0 Å². The first kappa shape index (κ1) is 19.4. The average molecular weight is 460 g/mol. The number of nitrogens with zero attached hydrogens (tertiary/aromatic N) is 3. The molecular weight excluding hydrogens is 438 g/mol. The molecule has 3 heteroatoms. The van der Waals surface area contributed by atoms with Crippen molar-refractivity contribution in [3.05, 3.63) is 128 Å². The van der Waals surface area contributed by atoms with Crippen LogP contribution < -0.4 is 0 Å². The third kappa shape index (κ3) is 2.60. The van der Waals surface area contributed by atoms with Gasteiger partial charge in [0, 0.05) is 33.4 Å². The first-order valence-electron chi connectivity index (χ1n) is 12.2. The number of pyridine rings is 1. The Kier molecular flexibility index (Phi) is 3.94. The van der Waals surface area contributed by atoms with Gasteiger partial charge in [-0.05, 0) is 65.4 Å².